The number of amides is 2. The average Bonchev–Trinajstić information content (AvgIpc) is 3.07. The highest BCUT2D eigenvalue weighted by Gasteiger charge is 2.54. The van der Waals surface area contributed by atoms with E-state index in [0.717, 1.165) is 51.1 Å². The molecule has 1 aliphatic heterocycles. The summed E-state index contributed by atoms with van der Waals surface area (Å²) in [6.07, 6.45) is 4.04. The van der Waals surface area contributed by atoms with Crippen LogP contribution < -0.4 is 0 Å². The number of nitrogens with zero attached hydrogens (tertiary/aromatic N) is 4. The number of hydrogen-bond acceptors (Lipinski definition) is 3. The molecule has 194 valence electrons. The van der Waals surface area contributed by atoms with Crippen molar-refractivity contribution in [3.63, 3.8) is 0 Å². The third-order valence-corrected chi connectivity index (χ3v) is 8.89. The molecule has 2 saturated carbocycles. The van der Waals surface area contributed by atoms with E-state index >= 15 is 0 Å². The van der Waals surface area contributed by atoms with Crippen molar-refractivity contribution >= 4 is 6.03 Å². The highest BCUT2D eigenvalue weighted by molar-refractivity contribution is 5.78. The van der Waals surface area contributed by atoms with E-state index in [2.05, 4.69) is 53.1 Å². The molecule has 8 heteroatoms. The van der Waals surface area contributed by atoms with E-state index in [1.54, 1.807) is 0 Å². The van der Waals surface area contributed by atoms with E-state index in [1.165, 1.54) is 24.2 Å². The first-order valence-corrected chi connectivity index (χ1v) is 12.9. The molecule has 3 fully saturated rings. The predicted octanol–water partition coefficient (Wildman–Crippen LogP) is 5.91. The first-order chi connectivity index (χ1) is 17.1. The van der Waals surface area contributed by atoms with Crippen molar-refractivity contribution in [3.05, 3.63) is 65.5 Å². The molecular weight excluding hydrogens is 465 g/mol. The SMILES string of the molecule is CN(C)[C@]1(c2ccccc2)CC[C@@]2(CC1)CN(Cc1ccc(C(F)(F)F)nc1)C(=O)N2CC1CCC1. The van der Waals surface area contributed by atoms with Crippen LogP contribution in [0.15, 0.2) is 48.7 Å². The smallest absolute Gasteiger partial charge is 0.318 e. The predicted molar refractivity (Wildman–Crippen MR) is 132 cm³/mol. The van der Waals surface area contributed by atoms with Crippen LogP contribution in [0.2, 0.25) is 0 Å². The first-order valence-electron chi connectivity index (χ1n) is 12.9. The van der Waals surface area contributed by atoms with Crippen molar-refractivity contribution in [2.45, 2.75) is 68.7 Å². The lowest BCUT2D eigenvalue weighted by Crippen LogP contribution is -2.56. The van der Waals surface area contributed by atoms with Gasteiger partial charge in [0.1, 0.15) is 5.69 Å². The number of alkyl halides is 3. The summed E-state index contributed by atoms with van der Waals surface area (Å²) < 4.78 is 38.8. The van der Waals surface area contributed by atoms with Crippen molar-refractivity contribution in [1.82, 2.24) is 19.7 Å². The Kier molecular flexibility index (Phi) is 6.52. The Bertz CT molecular complexity index is 1060. The van der Waals surface area contributed by atoms with Crippen molar-refractivity contribution in [2.24, 2.45) is 5.92 Å². The first kappa shape index (κ1) is 25.1. The Hall–Kier alpha value is -2.61. The van der Waals surface area contributed by atoms with Crippen LogP contribution in [0.4, 0.5) is 18.0 Å². The Morgan fingerprint density at radius 1 is 1.03 bits per heavy atom. The van der Waals surface area contributed by atoms with Gasteiger partial charge >= 0.3 is 12.2 Å². The van der Waals surface area contributed by atoms with Crippen LogP contribution in [0, 0.1) is 5.92 Å². The number of rotatable bonds is 6. The molecule has 2 aromatic rings. The zero-order chi connectivity index (χ0) is 25.6. The van der Waals surface area contributed by atoms with E-state index < -0.39 is 11.9 Å². The molecule has 3 aliphatic rings. The quantitative estimate of drug-likeness (QED) is 0.495. The van der Waals surface area contributed by atoms with Gasteiger partial charge in [0.2, 0.25) is 0 Å². The van der Waals surface area contributed by atoms with Gasteiger partial charge in [0.05, 0.1) is 5.54 Å². The van der Waals surface area contributed by atoms with Gasteiger partial charge in [-0.05, 0) is 75.7 Å². The molecule has 0 unspecified atom stereocenters. The molecule has 1 aromatic carbocycles. The Morgan fingerprint density at radius 3 is 2.25 bits per heavy atom. The zero-order valence-corrected chi connectivity index (χ0v) is 21.1. The zero-order valence-electron chi connectivity index (χ0n) is 21.1. The number of carbonyl (C=O) groups excluding carboxylic acids is 1. The number of halogens is 3. The van der Waals surface area contributed by atoms with Crippen LogP contribution >= 0.6 is 0 Å². The molecule has 2 amide bonds. The summed E-state index contributed by atoms with van der Waals surface area (Å²) in [6, 6.07) is 13.1. The summed E-state index contributed by atoms with van der Waals surface area (Å²) in [5, 5.41) is 0. The maximum Gasteiger partial charge on any atom is 0.433 e. The lowest BCUT2D eigenvalue weighted by atomic mass is 9.68. The number of aromatic nitrogens is 1. The summed E-state index contributed by atoms with van der Waals surface area (Å²) in [4.78, 5) is 23.6. The number of carbonyl (C=O) groups is 1. The van der Waals surface area contributed by atoms with Gasteiger partial charge < -0.3 is 9.80 Å². The minimum absolute atomic E-state index is 0.0128. The molecule has 5 rings (SSSR count). The van der Waals surface area contributed by atoms with Crippen LogP contribution in [-0.4, -0.2) is 58.4 Å². The highest BCUT2D eigenvalue weighted by Crippen LogP contribution is 2.49. The third-order valence-electron chi connectivity index (χ3n) is 8.89. The lowest BCUT2D eigenvalue weighted by Gasteiger charge is -2.51. The highest BCUT2D eigenvalue weighted by atomic mass is 19.4. The molecule has 0 bridgehead atoms. The summed E-state index contributed by atoms with van der Waals surface area (Å²) >= 11 is 0. The van der Waals surface area contributed by atoms with Crippen molar-refractivity contribution < 1.29 is 18.0 Å². The van der Waals surface area contributed by atoms with Gasteiger partial charge in [0.25, 0.3) is 0 Å². The second kappa shape index (κ2) is 9.36. The van der Waals surface area contributed by atoms with Crippen LogP contribution in [0.25, 0.3) is 0 Å². The number of benzene rings is 1. The van der Waals surface area contributed by atoms with Crippen molar-refractivity contribution in [1.29, 1.82) is 0 Å². The molecule has 2 heterocycles. The summed E-state index contributed by atoms with van der Waals surface area (Å²) in [5.74, 6) is 0.549. The second-order valence-electron chi connectivity index (χ2n) is 11.1. The summed E-state index contributed by atoms with van der Waals surface area (Å²) in [5.41, 5.74) is 0.727. The minimum atomic E-state index is -4.47. The number of pyridine rings is 1. The summed E-state index contributed by atoms with van der Waals surface area (Å²) in [7, 11) is 4.28. The van der Waals surface area contributed by atoms with Crippen LogP contribution in [-0.2, 0) is 18.3 Å². The van der Waals surface area contributed by atoms with E-state index in [4.69, 9.17) is 0 Å². The molecule has 2 aliphatic carbocycles. The molecule has 1 spiro atoms. The number of hydrogen-bond donors (Lipinski definition) is 0. The molecule has 36 heavy (non-hydrogen) atoms. The normalized spacial score (nSPS) is 27.2. The van der Waals surface area contributed by atoms with E-state index in [0.29, 0.717) is 18.0 Å². The van der Waals surface area contributed by atoms with Crippen molar-refractivity contribution in [2.75, 3.05) is 27.2 Å². The maximum atomic E-state index is 13.7. The lowest BCUT2D eigenvalue weighted by molar-refractivity contribution is -0.141. The van der Waals surface area contributed by atoms with Crippen LogP contribution in [0.3, 0.4) is 0 Å². The van der Waals surface area contributed by atoms with Gasteiger partial charge in [-0.3, -0.25) is 9.88 Å². The van der Waals surface area contributed by atoms with Gasteiger partial charge in [0, 0.05) is 31.4 Å². The Labute approximate surface area is 211 Å². The fraction of sp³-hybridized carbons (Fsp3) is 0.571. The van der Waals surface area contributed by atoms with E-state index in [1.807, 2.05) is 11.0 Å². The van der Waals surface area contributed by atoms with E-state index in [-0.39, 0.29) is 23.7 Å². The molecule has 0 radical (unpaired) electrons. The second-order valence-corrected chi connectivity index (χ2v) is 11.1. The Morgan fingerprint density at radius 2 is 1.72 bits per heavy atom. The maximum absolute atomic E-state index is 13.7. The molecule has 1 saturated heterocycles. The van der Waals surface area contributed by atoms with Crippen LogP contribution in [0.1, 0.15) is 61.8 Å². The standard InChI is InChI=1S/C28H35F3N4O/c1-33(2)27(23-9-4-3-5-10-23)15-13-26(14-16-27)20-34(25(36)35(26)19-21-7-6-8-21)18-22-11-12-24(32-17-22)28(29,30)31/h3-5,9-12,17,21H,6-8,13-16,18-20H2,1-2H3/t26-,27-. The van der Waals surface area contributed by atoms with E-state index in [9.17, 15) is 18.0 Å². The van der Waals surface area contributed by atoms with Gasteiger partial charge in [0.15, 0.2) is 0 Å². The van der Waals surface area contributed by atoms with Gasteiger partial charge in [-0.25, -0.2) is 4.79 Å². The molecule has 1 aromatic heterocycles. The van der Waals surface area contributed by atoms with Crippen molar-refractivity contribution in [3.8, 4) is 0 Å². The fourth-order valence-electron chi connectivity index (χ4n) is 6.42. The molecule has 5 nitrogen and oxygen atoms in total. The average molecular weight is 501 g/mol. The third kappa shape index (κ3) is 4.49. The van der Waals surface area contributed by atoms with Gasteiger partial charge in [-0.15, -0.1) is 0 Å². The largest absolute Gasteiger partial charge is 0.433 e. The molecular formula is C28H35F3N4O. The van der Waals surface area contributed by atoms with Crippen LogP contribution in [0.5, 0.6) is 0 Å². The molecule has 0 N–H and O–H groups in total. The number of urea groups is 1. The van der Waals surface area contributed by atoms with Gasteiger partial charge in [-0.1, -0.05) is 42.8 Å². The monoisotopic (exact) mass is 500 g/mol. The molecule has 0 atom stereocenters. The summed E-state index contributed by atoms with van der Waals surface area (Å²) in [6.45, 7) is 1.67. The van der Waals surface area contributed by atoms with Gasteiger partial charge in [-0.2, -0.15) is 13.2 Å². The fourth-order valence-corrected chi connectivity index (χ4v) is 6.42. The Balaban J connectivity index is 1.37. The minimum Gasteiger partial charge on any atom is -0.318 e. The topological polar surface area (TPSA) is 39.7 Å².